The first-order valence-electron chi connectivity index (χ1n) is 8.51. The Balaban J connectivity index is 2.05. The van der Waals surface area contributed by atoms with Gasteiger partial charge in [0.15, 0.2) is 0 Å². The third kappa shape index (κ3) is 5.45. The lowest BCUT2D eigenvalue weighted by Gasteiger charge is -2.24. The molecule has 0 aliphatic carbocycles. The molecule has 0 aromatic heterocycles. The van der Waals surface area contributed by atoms with Crippen molar-refractivity contribution < 1.29 is 14.7 Å². The summed E-state index contributed by atoms with van der Waals surface area (Å²) in [6.45, 7) is 5.98. The Morgan fingerprint density at radius 3 is 2.44 bits per heavy atom. The fourth-order valence-corrected chi connectivity index (χ4v) is 2.45. The molecular formula is C21H25NO3. The molecule has 2 aromatic rings. The minimum atomic E-state index is -0.270. The van der Waals surface area contributed by atoms with Gasteiger partial charge in [-0.3, -0.25) is 9.59 Å². The van der Waals surface area contributed by atoms with Gasteiger partial charge >= 0.3 is 0 Å². The maximum atomic E-state index is 12.4. The molecule has 4 heteroatoms. The minimum Gasteiger partial charge on any atom is -0.508 e. The van der Waals surface area contributed by atoms with Crippen LogP contribution in [0.25, 0.3) is 0 Å². The summed E-state index contributed by atoms with van der Waals surface area (Å²) in [5, 5.41) is 12.8. The van der Waals surface area contributed by atoms with Crippen molar-refractivity contribution in [2.45, 2.75) is 45.6 Å². The van der Waals surface area contributed by atoms with E-state index in [4.69, 9.17) is 0 Å². The van der Waals surface area contributed by atoms with Crippen LogP contribution in [-0.2, 0) is 17.6 Å². The predicted molar refractivity (Wildman–Crippen MR) is 98.8 cm³/mol. The number of rotatable bonds is 7. The Kier molecular flexibility index (Phi) is 5.97. The van der Waals surface area contributed by atoms with E-state index in [-0.39, 0.29) is 35.8 Å². The number of ketones is 1. The molecule has 0 heterocycles. The maximum absolute atomic E-state index is 12.4. The molecule has 0 saturated carbocycles. The molecule has 2 rings (SSSR count). The van der Waals surface area contributed by atoms with Crippen molar-refractivity contribution in [2.24, 2.45) is 0 Å². The van der Waals surface area contributed by atoms with E-state index in [1.54, 1.807) is 42.5 Å². The van der Waals surface area contributed by atoms with Crippen LogP contribution in [0.2, 0.25) is 0 Å². The van der Waals surface area contributed by atoms with Crippen molar-refractivity contribution >= 4 is 11.7 Å². The van der Waals surface area contributed by atoms with E-state index < -0.39 is 0 Å². The molecule has 0 spiro atoms. The summed E-state index contributed by atoms with van der Waals surface area (Å²) in [5.41, 5.74) is 1.69. The van der Waals surface area contributed by atoms with E-state index in [1.807, 2.05) is 26.8 Å². The molecule has 2 N–H and O–H groups in total. The van der Waals surface area contributed by atoms with Crippen LogP contribution in [0.1, 0.15) is 48.7 Å². The lowest BCUT2D eigenvalue weighted by Crippen LogP contribution is -2.42. The molecule has 0 unspecified atom stereocenters. The van der Waals surface area contributed by atoms with Crippen molar-refractivity contribution in [1.82, 2.24) is 5.32 Å². The van der Waals surface area contributed by atoms with Gasteiger partial charge < -0.3 is 10.4 Å². The summed E-state index contributed by atoms with van der Waals surface area (Å²) in [6.07, 6.45) is 1.23. The Labute approximate surface area is 148 Å². The highest BCUT2D eigenvalue weighted by Crippen LogP contribution is 2.17. The third-order valence-electron chi connectivity index (χ3n) is 4.31. The predicted octanol–water partition coefficient (Wildman–Crippen LogP) is 3.66. The molecule has 132 valence electrons. The van der Waals surface area contributed by atoms with Gasteiger partial charge in [0.1, 0.15) is 11.5 Å². The smallest absolute Gasteiger partial charge is 0.251 e. The Hall–Kier alpha value is -2.62. The number of amides is 1. The molecule has 0 radical (unpaired) electrons. The van der Waals surface area contributed by atoms with Gasteiger partial charge in [0.05, 0.1) is 0 Å². The monoisotopic (exact) mass is 339 g/mol. The molecule has 1 amide bonds. The van der Waals surface area contributed by atoms with Crippen LogP contribution in [0.4, 0.5) is 0 Å². The molecule has 0 saturated heterocycles. The van der Waals surface area contributed by atoms with E-state index in [1.165, 1.54) is 0 Å². The number of carbonyl (C=O) groups is 2. The van der Waals surface area contributed by atoms with Gasteiger partial charge in [0, 0.05) is 29.5 Å². The van der Waals surface area contributed by atoms with Gasteiger partial charge in [0.2, 0.25) is 0 Å². The first-order chi connectivity index (χ1) is 11.8. The Bertz CT molecular complexity index is 765. The summed E-state index contributed by atoms with van der Waals surface area (Å²) in [7, 11) is 0. The standard InChI is InChI=1S/C21H25NO3/c1-4-21(2,3)22-20(25)17-10-7-8-15(12-17)13-18(23)14-16-9-5-6-11-19(16)24/h5-12,24H,4,13-14H2,1-3H3,(H,22,25). The summed E-state index contributed by atoms with van der Waals surface area (Å²) >= 11 is 0. The minimum absolute atomic E-state index is 0.00653. The van der Waals surface area contributed by atoms with Crippen LogP contribution in [0, 0.1) is 0 Å². The second-order valence-corrected chi connectivity index (χ2v) is 6.91. The normalized spacial score (nSPS) is 11.2. The van der Waals surface area contributed by atoms with Crippen molar-refractivity contribution in [3.63, 3.8) is 0 Å². The number of Topliss-reactive ketones (excluding diaryl/α,β-unsaturated/α-hetero) is 1. The lowest BCUT2D eigenvalue weighted by molar-refractivity contribution is -0.117. The van der Waals surface area contributed by atoms with E-state index in [2.05, 4.69) is 5.32 Å². The van der Waals surface area contributed by atoms with E-state index in [9.17, 15) is 14.7 Å². The van der Waals surface area contributed by atoms with E-state index >= 15 is 0 Å². The molecule has 0 bridgehead atoms. The summed E-state index contributed by atoms with van der Waals surface area (Å²) in [6, 6.07) is 14.0. The number of phenols is 1. The van der Waals surface area contributed by atoms with Gasteiger partial charge in [-0.25, -0.2) is 0 Å². The second kappa shape index (κ2) is 7.97. The Morgan fingerprint density at radius 1 is 1.04 bits per heavy atom. The fourth-order valence-electron chi connectivity index (χ4n) is 2.45. The zero-order valence-electron chi connectivity index (χ0n) is 15.0. The number of aromatic hydroxyl groups is 1. The number of hydrogen-bond donors (Lipinski definition) is 2. The number of phenolic OH excluding ortho intramolecular Hbond substituents is 1. The van der Waals surface area contributed by atoms with Crippen molar-refractivity contribution in [3.05, 3.63) is 65.2 Å². The molecule has 25 heavy (non-hydrogen) atoms. The van der Waals surface area contributed by atoms with Gasteiger partial charge in [-0.2, -0.15) is 0 Å². The SMILES string of the molecule is CCC(C)(C)NC(=O)c1cccc(CC(=O)Cc2ccccc2O)c1. The first-order valence-corrected chi connectivity index (χ1v) is 8.51. The number of para-hydroxylation sites is 1. The van der Waals surface area contributed by atoms with Crippen LogP contribution >= 0.6 is 0 Å². The second-order valence-electron chi connectivity index (χ2n) is 6.91. The molecule has 4 nitrogen and oxygen atoms in total. The van der Waals surface area contributed by atoms with Gasteiger partial charge in [-0.15, -0.1) is 0 Å². The first kappa shape index (κ1) is 18.7. The van der Waals surface area contributed by atoms with E-state index in [0.29, 0.717) is 11.1 Å². The molecule has 0 aliphatic rings. The van der Waals surface area contributed by atoms with Crippen molar-refractivity contribution in [1.29, 1.82) is 0 Å². The molecular weight excluding hydrogens is 314 g/mol. The van der Waals surface area contributed by atoms with Crippen LogP contribution in [0.5, 0.6) is 5.75 Å². The van der Waals surface area contributed by atoms with Gasteiger partial charge in [-0.05, 0) is 44.0 Å². The van der Waals surface area contributed by atoms with Crippen LogP contribution in [0.3, 0.4) is 0 Å². The molecule has 0 atom stereocenters. The number of hydrogen-bond acceptors (Lipinski definition) is 3. The zero-order chi connectivity index (χ0) is 18.4. The fraction of sp³-hybridized carbons (Fsp3) is 0.333. The zero-order valence-corrected chi connectivity index (χ0v) is 15.0. The summed E-state index contributed by atoms with van der Waals surface area (Å²) in [4.78, 5) is 24.6. The largest absolute Gasteiger partial charge is 0.508 e. The van der Waals surface area contributed by atoms with Crippen LogP contribution in [0.15, 0.2) is 48.5 Å². The summed E-state index contributed by atoms with van der Waals surface area (Å²) in [5.74, 6) is -0.0134. The number of nitrogens with one attached hydrogen (secondary N) is 1. The molecule has 2 aromatic carbocycles. The van der Waals surface area contributed by atoms with Crippen LogP contribution < -0.4 is 5.32 Å². The van der Waals surface area contributed by atoms with Gasteiger partial charge in [0.25, 0.3) is 5.91 Å². The molecule has 0 fully saturated rings. The quantitative estimate of drug-likeness (QED) is 0.809. The van der Waals surface area contributed by atoms with Crippen molar-refractivity contribution in [3.8, 4) is 5.75 Å². The highest BCUT2D eigenvalue weighted by molar-refractivity contribution is 5.95. The summed E-state index contributed by atoms with van der Waals surface area (Å²) < 4.78 is 0. The van der Waals surface area contributed by atoms with Crippen molar-refractivity contribution in [2.75, 3.05) is 0 Å². The van der Waals surface area contributed by atoms with Gasteiger partial charge in [-0.1, -0.05) is 37.3 Å². The highest BCUT2D eigenvalue weighted by atomic mass is 16.3. The number of benzene rings is 2. The van der Waals surface area contributed by atoms with Crippen LogP contribution in [-0.4, -0.2) is 22.3 Å². The average Bonchev–Trinajstić information content (AvgIpc) is 2.57. The van der Waals surface area contributed by atoms with E-state index in [0.717, 1.165) is 12.0 Å². The maximum Gasteiger partial charge on any atom is 0.251 e. The third-order valence-corrected chi connectivity index (χ3v) is 4.31. The topological polar surface area (TPSA) is 66.4 Å². The highest BCUT2D eigenvalue weighted by Gasteiger charge is 2.19. The average molecular weight is 339 g/mol. The lowest BCUT2D eigenvalue weighted by atomic mass is 9.99. The molecule has 0 aliphatic heterocycles. The Morgan fingerprint density at radius 2 is 1.76 bits per heavy atom. The number of carbonyl (C=O) groups excluding carboxylic acids is 2.